The van der Waals surface area contributed by atoms with Crippen LogP contribution >= 0.6 is 11.8 Å². The van der Waals surface area contributed by atoms with E-state index in [1.807, 2.05) is 38.1 Å². The molecule has 0 saturated heterocycles. The molecule has 5 heteroatoms. The number of hydrogen-bond donors (Lipinski definition) is 1. The van der Waals surface area contributed by atoms with Crippen LogP contribution in [0.15, 0.2) is 48.5 Å². The van der Waals surface area contributed by atoms with E-state index >= 15 is 0 Å². The van der Waals surface area contributed by atoms with E-state index in [1.54, 1.807) is 23.6 Å². The first-order valence-corrected chi connectivity index (χ1v) is 10.8. The van der Waals surface area contributed by atoms with Crippen LogP contribution in [0.4, 0.5) is 0 Å². The molecule has 0 aliphatic rings. The fourth-order valence-electron chi connectivity index (χ4n) is 2.90. The minimum absolute atomic E-state index is 0.0147. The lowest BCUT2D eigenvalue weighted by Gasteiger charge is -2.29. The predicted octanol–water partition coefficient (Wildman–Crippen LogP) is 4.09. The molecule has 0 saturated carbocycles. The maximum Gasteiger partial charge on any atom is 0.242 e. The van der Waals surface area contributed by atoms with Crippen molar-refractivity contribution in [3.8, 4) is 0 Å². The molecule has 1 N–H and O–H groups in total. The Hall–Kier alpha value is -2.27. The SMILES string of the molecule is CCNC(=O)C(C)N(Cc1ccccc1C)C(=O)CSCc1ccc(C)cc1. The van der Waals surface area contributed by atoms with Gasteiger partial charge in [-0.2, -0.15) is 0 Å². The van der Waals surface area contributed by atoms with E-state index in [2.05, 4.69) is 36.5 Å². The first-order valence-electron chi connectivity index (χ1n) is 9.67. The number of nitrogens with zero attached hydrogens (tertiary/aromatic N) is 1. The number of likely N-dealkylation sites (N-methyl/N-ethyl adjacent to an activating group) is 1. The summed E-state index contributed by atoms with van der Waals surface area (Å²) in [5.74, 6) is 0.996. The average molecular weight is 399 g/mol. The lowest BCUT2D eigenvalue weighted by molar-refractivity contribution is -0.138. The largest absolute Gasteiger partial charge is 0.355 e. The molecule has 0 aromatic heterocycles. The number of rotatable bonds is 9. The van der Waals surface area contributed by atoms with Crippen molar-refractivity contribution < 1.29 is 9.59 Å². The van der Waals surface area contributed by atoms with Gasteiger partial charge < -0.3 is 10.2 Å². The lowest BCUT2D eigenvalue weighted by atomic mass is 10.1. The molecule has 2 aromatic carbocycles. The fraction of sp³-hybridized carbons (Fsp3) is 0.391. The van der Waals surface area contributed by atoms with Crippen LogP contribution in [0.25, 0.3) is 0 Å². The van der Waals surface area contributed by atoms with Gasteiger partial charge in [-0.3, -0.25) is 9.59 Å². The second-order valence-corrected chi connectivity index (χ2v) is 7.98. The number of aryl methyl sites for hydroxylation is 2. The molecule has 2 rings (SSSR count). The van der Waals surface area contributed by atoms with E-state index in [4.69, 9.17) is 0 Å². The number of benzene rings is 2. The number of carbonyl (C=O) groups excluding carboxylic acids is 2. The molecular weight excluding hydrogens is 368 g/mol. The highest BCUT2D eigenvalue weighted by atomic mass is 32.2. The van der Waals surface area contributed by atoms with Gasteiger partial charge in [0.25, 0.3) is 0 Å². The smallest absolute Gasteiger partial charge is 0.242 e. The van der Waals surface area contributed by atoms with Gasteiger partial charge in [0.2, 0.25) is 11.8 Å². The summed E-state index contributed by atoms with van der Waals surface area (Å²) >= 11 is 1.58. The first-order chi connectivity index (χ1) is 13.4. The third-order valence-corrected chi connectivity index (χ3v) is 5.72. The van der Waals surface area contributed by atoms with Crippen LogP contribution in [0, 0.1) is 13.8 Å². The molecule has 4 nitrogen and oxygen atoms in total. The summed E-state index contributed by atoms with van der Waals surface area (Å²) in [5, 5.41) is 2.83. The Morgan fingerprint density at radius 2 is 1.75 bits per heavy atom. The normalized spacial score (nSPS) is 11.7. The Labute approximate surface area is 172 Å². The molecule has 2 aromatic rings. The highest BCUT2D eigenvalue weighted by Crippen LogP contribution is 2.17. The van der Waals surface area contributed by atoms with E-state index in [1.165, 1.54) is 11.1 Å². The summed E-state index contributed by atoms with van der Waals surface area (Å²) in [6.45, 7) is 8.77. The Balaban J connectivity index is 2.06. The summed E-state index contributed by atoms with van der Waals surface area (Å²) in [7, 11) is 0. The zero-order valence-electron chi connectivity index (χ0n) is 17.2. The summed E-state index contributed by atoms with van der Waals surface area (Å²) < 4.78 is 0. The van der Waals surface area contributed by atoms with E-state index in [-0.39, 0.29) is 11.8 Å². The van der Waals surface area contributed by atoms with Crippen molar-refractivity contribution in [1.29, 1.82) is 0 Å². The molecule has 0 fully saturated rings. The van der Waals surface area contributed by atoms with Crippen molar-refractivity contribution in [2.24, 2.45) is 0 Å². The van der Waals surface area contributed by atoms with E-state index in [0.717, 1.165) is 16.9 Å². The Morgan fingerprint density at radius 3 is 2.39 bits per heavy atom. The van der Waals surface area contributed by atoms with E-state index in [9.17, 15) is 9.59 Å². The zero-order chi connectivity index (χ0) is 20.5. The van der Waals surface area contributed by atoms with Crippen LogP contribution in [0.1, 0.15) is 36.1 Å². The maximum absolute atomic E-state index is 13.0. The second kappa shape index (κ2) is 10.9. The zero-order valence-corrected chi connectivity index (χ0v) is 18.0. The first kappa shape index (κ1) is 22.0. The van der Waals surface area contributed by atoms with Gasteiger partial charge in [-0.15, -0.1) is 11.8 Å². The summed E-state index contributed by atoms with van der Waals surface area (Å²) in [4.78, 5) is 27.0. The monoisotopic (exact) mass is 398 g/mol. The molecule has 1 atom stereocenters. The van der Waals surface area contributed by atoms with Crippen LogP contribution in [-0.4, -0.2) is 35.1 Å². The van der Waals surface area contributed by atoms with Crippen molar-refractivity contribution in [1.82, 2.24) is 10.2 Å². The lowest BCUT2D eigenvalue weighted by Crippen LogP contribution is -2.48. The number of carbonyl (C=O) groups is 2. The Kier molecular flexibility index (Phi) is 8.58. The van der Waals surface area contributed by atoms with Crippen molar-refractivity contribution in [3.63, 3.8) is 0 Å². The van der Waals surface area contributed by atoms with Gasteiger partial charge in [-0.1, -0.05) is 54.1 Å². The third kappa shape index (κ3) is 6.41. The van der Waals surface area contributed by atoms with Crippen LogP contribution < -0.4 is 5.32 Å². The standard InChI is InChI=1S/C23H30N2O2S/c1-5-24-23(27)19(4)25(14-21-9-7-6-8-18(21)3)22(26)16-28-15-20-12-10-17(2)11-13-20/h6-13,19H,5,14-16H2,1-4H3,(H,24,27). The number of thioether (sulfide) groups is 1. The number of amides is 2. The molecule has 1 unspecified atom stereocenters. The van der Waals surface area contributed by atoms with Gasteiger partial charge in [0.05, 0.1) is 5.75 Å². The van der Waals surface area contributed by atoms with Crippen LogP contribution in [0.2, 0.25) is 0 Å². The number of nitrogens with one attached hydrogen (secondary N) is 1. The summed E-state index contributed by atoms with van der Waals surface area (Å²) in [6.07, 6.45) is 0. The van der Waals surface area contributed by atoms with Crippen LogP contribution in [0.3, 0.4) is 0 Å². The molecule has 2 amide bonds. The molecule has 28 heavy (non-hydrogen) atoms. The van der Waals surface area contributed by atoms with Crippen LogP contribution in [0.5, 0.6) is 0 Å². The maximum atomic E-state index is 13.0. The minimum atomic E-state index is -0.507. The Morgan fingerprint density at radius 1 is 1.07 bits per heavy atom. The van der Waals surface area contributed by atoms with Crippen molar-refractivity contribution in [2.45, 2.75) is 46.0 Å². The second-order valence-electron chi connectivity index (χ2n) is 7.00. The van der Waals surface area contributed by atoms with Gasteiger partial charge >= 0.3 is 0 Å². The molecule has 150 valence electrons. The Bertz CT molecular complexity index is 789. The minimum Gasteiger partial charge on any atom is -0.355 e. The van der Waals surface area contributed by atoms with E-state index in [0.29, 0.717) is 18.8 Å². The van der Waals surface area contributed by atoms with Gasteiger partial charge in [-0.05, 0) is 44.4 Å². The molecule has 0 aliphatic heterocycles. The van der Waals surface area contributed by atoms with Crippen molar-refractivity contribution in [2.75, 3.05) is 12.3 Å². The van der Waals surface area contributed by atoms with Gasteiger partial charge in [0.1, 0.15) is 6.04 Å². The summed E-state index contributed by atoms with van der Waals surface area (Å²) in [6, 6.07) is 15.8. The molecular formula is C23H30N2O2S. The highest BCUT2D eigenvalue weighted by molar-refractivity contribution is 7.99. The average Bonchev–Trinajstić information content (AvgIpc) is 2.68. The quantitative estimate of drug-likeness (QED) is 0.692. The number of hydrogen-bond acceptors (Lipinski definition) is 3. The molecule has 0 bridgehead atoms. The highest BCUT2D eigenvalue weighted by Gasteiger charge is 2.26. The van der Waals surface area contributed by atoms with Crippen LogP contribution in [-0.2, 0) is 21.9 Å². The van der Waals surface area contributed by atoms with Crippen molar-refractivity contribution in [3.05, 3.63) is 70.8 Å². The predicted molar refractivity (Wildman–Crippen MR) is 117 cm³/mol. The molecule has 0 heterocycles. The third-order valence-electron chi connectivity index (χ3n) is 4.74. The van der Waals surface area contributed by atoms with Gasteiger partial charge in [-0.25, -0.2) is 0 Å². The van der Waals surface area contributed by atoms with E-state index < -0.39 is 6.04 Å². The van der Waals surface area contributed by atoms with Crippen molar-refractivity contribution >= 4 is 23.6 Å². The van der Waals surface area contributed by atoms with Gasteiger partial charge in [0, 0.05) is 18.8 Å². The van der Waals surface area contributed by atoms with Gasteiger partial charge in [0.15, 0.2) is 0 Å². The molecule has 0 spiro atoms. The fourth-order valence-corrected chi connectivity index (χ4v) is 3.77. The summed E-state index contributed by atoms with van der Waals surface area (Å²) in [5.41, 5.74) is 4.61. The molecule has 0 radical (unpaired) electrons. The molecule has 0 aliphatic carbocycles. The topological polar surface area (TPSA) is 49.4 Å².